The van der Waals surface area contributed by atoms with E-state index in [2.05, 4.69) is 0 Å². The van der Waals surface area contributed by atoms with E-state index in [4.69, 9.17) is 19.9 Å². The van der Waals surface area contributed by atoms with Gasteiger partial charge in [0.25, 0.3) is 0 Å². The molecule has 10 aromatic carbocycles. The number of aromatic nitrogens is 6. The highest BCUT2D eigenvalue weighted by Gasteiger charge is 2.38. The molecular weight excluding hydrogens is 1180 g/mol. The van der Waals surface area contributed by atoms with Crippen LogP contribution in [0.3, 0.4) is 0 Å². The lowest BCUT2D eigenvalue weighted by molar-refractivity contribution is -0.138. The van der Waals surface area contributed by atoms with E-state index in [1.54, 1.807) is 33.9 Å². The van der Waals surface area contributed by atoms with Gasteiger partial charge in [-0.1, -0.05) is 206 Å². The number of pyridine rings is 4. The predicted molar refractivity (Wildman–Crippen MR) is 365 cm³/mol. The molecule has 0 saturated heterocycles. The van der Waals surface area contributed by atoms with E-state index in [9.17, 15) is 0 Å². The minimum absolute atomic E-state index is 0.00361. The van der Waals surface area contributed by atoms with E-state index < -0.39 is 23.5 Å². The number of fused-ring (bicyclic) bond motifs is 6. The van der Waals surface area contributed by atoms with Crippen LogP contribution in [0.2, 0.25) is 0 Å². The highest BCUT2D eigenvalue weighted by atomic mass is 19.4. The Labute approximate surface area is 535 Å². The summed E-state index contributed by atoms with van der Waals surface area (Å²) in [5.41, 5.74) is 12.1. The Balaban J connectivity index is 0.967. The van der Waals surface area contributed by atoms with Gasteiger partial charge in [0.2, 0.25) is 0 Å². The molecule has 6 heterocycles. The van der Waals surface area contributed by atoms with Crippen LogP contribution in [0.5, 0.6) is 0 Å². The molecule has 0 bridgehead atoms. The normalized spacial score (nSPS) is 11.9. The SMILES string of the molecule is FC(F)(F)c1cccc(-c2cc(-n3c4cc(-c5ccc(-c6ccccc6)nc5)ccc4c4ccc(-c5ccc(-c6ccccc6)nc5)cc43)c(C(F)(F)F)cc2-n2c3cc(-c4ccc(-c5ccccc5)nc4)ccc3c3ccc(-c4ccc(-c5ccccc5)nc4)cc32)c1. The number of rotatable bonds is 11. The highest BCUT2D eigenvalue weighted by molar-refractivity contribution is 6.13. The van der Waals surface area contributed by atoms with E-state index in [0.29, 0.717) is 65.9 Å². The fourth-order valence-electron chi connectivity index (χ4n) is 12.9. The Bertz CT molecular complexity index is 5240. The lowest BCUT2D eigenvalue weighted by Crippen LogP contribution is -2.13. The largest absolute Gasteiger partial charge is 0.418 e. The molecule has 0 atom stereocenters. The minimum atomic E-state index is -5.06. The van der Waals surface area contributed by atoms with Crippen LogP contribution in [0.15, 0.2) is 304 Å². The van der Waals surface area contributed by atoms with Crippen LogP contribution >= 0.6 is 0 Å². The molecule has 0 N–H and O–H groups in total. The molecule has 0 aliphatic heterocycles. The molecule has 0 radical (unpaired) electrons. The maximum absolute atomic E-state index is 17.2. The van der Waals surface area contributed by atoms with Gasteiger partial charge in [-0.25, -0.2) is 0 Å². The lowest BCUT2D eigenvalue weighted by atomic mass is 9.96. The summed E-state index contributed by atoms with van der Waals surface area (Å²) in [5, 5.41) is 2.69. The Morgan fingerprint density at radius 1 is 0.234 bits per heavy atom. The molecular formula is C82H50F6N6. The standard InChI is InChI=1S/C82H50F6N6/c83-81(84,85)64-23-13-22-59(40-64)69-45-80(94-77-43-57(62-30-38-73(91-49-62)53-18-9-3-10-19-53)26-34-67(77)68-35-27-58(44-78(68)94)63-31-39-74(92-50-63)54-20-11-4-12-21-54)70(82(86,87)88)46-79(69)93-75-41-55(60-28-36-71(89-47-60)51-14-5-1-6-15-51)24-32-65(75)66-33-25-56(42-76(66)93)61-29-37-72(90-48-61)52-16-7-2-8-17-52/h1-50H. The number of hydrogen-bond acceptors (Lipinski definition) is 4. The average molecular weight is 1230 g/mol. The molecule has 12 heteroatoms. The zero-order valence-electron chi connectivity index (χ0n) is 49.8. The van der Waals surface area contributed by atoms with Crippen molar-refractivity contribution in [2.24, 2.45) is 0 Å². The van der Waals surface area contributed by atoms with Gasteiger partial charge < -0.3 is 9.13 Å². The summed E-state index contributed by atoms with van der Waals surface area (Å²) in [4.78, 5) is 19.3. The summed E-state index contributed by atoms with van der Waals surface area (Å²) >= 11 is 0. The molecule has 6 aromatic heterocycles. The van der Waals surface area contributed by atoms with Gasteiger partial charge in [-0.05, 0) is 101 Å². The Kier molecular flexibility index (Phi) is 14.0. The fraction of sp³-hybridized carbons (Fsp3) is 0.0244. The first kappa shape index (κ1) is 57.2. The zero-order chi connectivity index (χ0) is 63.7. The van der Waals surface area contributed by atoms with Crippen LogP contribution in [0.4, 0.5) is 26.3 Å². The summed E-state index contributed by atoms with van der Waals surface area (Å²) in [6, 6.07) is 84.8. The number of halogens is 6. The van der Waals surface area contributed by atoms with Crippen molar-refractivity contribution in [3.63, 3.8) is 0 Å². The highest BCUT2D eigenvalue weighted by Crippen LogP contribution is 2.48. The summed E-state index contributed by atoms with van der Waals surface area (Å²) in [6.45, 7) is 0. The van der Waals surface area contributed by atoms with Crippen molar-refractivity contribution in [3.05, 3.63) is 315 Å². The molecule has 0 saturated carbocycles. The third-order valence-corrected chi connectivity index (χ3v) is 17.6. The van der Waals surface area contributed by atoms with E-state index in [1.807, 2.05) is 243 Å². The Hall–Kier alpha value is -12.0. The second-order valence-electron chi connectivity index (χ2n) is 23.3. The minimum Gasteiger partial charge on any atom is -0.309 e. The molecule has 0 fully saturated rings. The molecule has 16 aromatic rings. The van der Waals surface area contributed by atoms with E-state index in [0.717, 1.165) is 85.5 Å². The van der Waals surface area contributed by atoms with Gasteiger partial charge in [-0.2, -0.15) is 26.3 Å². The monoisotopic (exact) mass is 1230 g/mol. The summed E-state index contributed by atoms with van der Waals surface area (Å²) in [5.74, 6) is 0. The van der Waals surface area contributed by atoms with Crippen LogP contribution < -0.4 is 0 Å². The van der Waals surface area contributed by atoms with Gasteiger partial charge in [-0.3, -0.25) is 19.9 Å². The molecule has 16 rings (SSSR count). The Morgan fingerprint density at radius 3 is 0.840 bits per heavy atom. The molecule has 0 spiro atoms. The van der Waals surface area contributed by atoms with Gasteiger partial charge in [0, 0.05) is 96.4 Å². The van der Waals surface area contributed by atoms with Gasteiger partial charge in [-0.15, -0.1) is 0 Å². The fourth-order valence-corrected chi connectivity index (χ4v) is 12.9. The predicted octanol–water partition coefficient (Wildman–Crippen LogP) is 22.5. The second-order valence-corrected chi connectivity index (χ2v) is 23.3. The van der Waals surface area contributed by atoms with Crippen LogP contribution in [-0.2, 0) is 12.4 Å². The maximum atomic E-state index is 17.2. The summed E-state index contributed by atoms with van der Waals surface area (Å²) in [7, 11) is 0. The van der Waals surface area contributed by atoms with Crippen molar-refractivity contribution in [3.8, 4) is 112 Å². The van der Waals surface area contributed by atoms with Crippen LogP contribution in [0.1, 0.15) is 11.1 Å². The van der Waals surface area contributed by atoms with Crippen molar-refractivity contribution in [2.45, 2.75) is 12.4 Å². The summed E-state index contributed by atoms with van der Waals surface area (Å²) < 4.78 is 100. The number of benzene rings is 10. The van der Waals surface area contributed by atoms with Crippen LogP contribution in [-0.4, -0.2) is 29.1 Å². The molecule has 0 unspecified atom stereocenters. The molecule has 6 nitrogen and oxygen atoms in total. The van der Waals surface area contributed by atoms with Crippen molar-refractivity contribution >= 4 is 43.6 Å². The molecule has 0 aliphatic rings. The van der Waals surface area contributed by atoms with E-state index in [-0.39, 0.29) is 22.5 Å². The first-order chi connectivity index (χ1) is 45.8. The average Bonchev–Trinajstić information content (AvgIpc) is 1.51. The molecule has 0 amide bonds. The number of nitrogens with zero attached hydrogens (tertiary/aromatic N) is 6. The topological polar surface area (TPSA) is 61.4 Å². The Morgan fingerprint density at radius 2 is 0.543 bits per heavy atom. The smallest absolute Gasteiger partial charge is 0.309 e. The van der Waals surface area contributed by atoms with Crippen LogP contribution in [0, 0.1) is 0 Å². The lowest BCUT2D eigenvalue weighted by Gasteiger charge is -2.23. The third-order valence-electron chi connectivity index (χ3n) is 17.6. The van der Waals surface area contributed by atoms with Gasteiger partial charge in [0.15, 0.2) is 0 Å². The van der Waals surface area contributed by atoms with Crippen molar-refractivity contribution in [2.75, 3.05) is 0 Å². The van der Waals surface area contributed by atoms with E-state index >= 15 is 26.3 Å². The van der Waals surface area contributed by atoms with Gasteiger partial charge >= 0.3 is 12.4 Å². The first-order valence-electron chi connectivity index (χ1n) is 30.5. The van der Waals surface area contributed by atoms with Crippen molar-refractivity contribution in [1.29, 1.82) is 0 Å². The maximum Gasteiger partial charge on any atom is 0.418 e. The number of hydrogen-bond donors (Lipinski definition) is 0. The molecule has 450 valence electrons. The van der Waals surface area contributed by atoms with Crippen molar-refractivity contribution < 1.29 is 26.3 Å². The molecule has 0 aliphatic carbocycles. The number of alkyl halides is 6. The molecule has 94 heavy (non-hydrogen) atoms. The zero-order valence-corrected chi connectivity index (χ0v) is 49.8. The third kappa shape index (κ3) is 10.5. The van der Waals surface area contributed by atoms with Crippen molar-refractivity contribution in [1.82, 2.24) is 29.1 Å². The van der Waals surface area contributed by atoms with Gasteiger partial charge in [0.1, 0.15) is 0 Å². The second kappa shape index (κ2) is 23.0. The quantitative estimate of drug-likeness (QED) is 0.121. The first-order valence-corrected chi connectivity index (χ1v) is 30.5. The summed E-state index contributed by atoms with van der Waals surface area (Å²) in [6.07, 6.45) is -2.84. The van der Waals surface area contributed by atoms with E-state index in [1.165, 1.54) is 18.2 Å². The van der Waals surface area contributed by atoms with Gasteiger partial charge in [0.05, 0.1) is 67.3 Å². The van der Waals surface area contributed by atoms with Crippen LogP contribution in [0.25, 0.3) is 156 Å².